The molecule has 0 N–H and O–H groups in total. The van der Waals surface area contributed by atoms with E-state index in [1.165, 1.54) is 16.9 Å². The van der Waals surface area contributed by atoms with E-state index in [0.717, 1.165) is 5.56 Å². The lowest BCUT2D eigenvalue weighted by Gasteiger charge is -1.98. The number of rotatable bonds is 4. The first-order valence-electron chi connectivity index (χ1n) is 6.29. The third-order valence-electron chi connectivity index (χ3n) is 2.96. The van der Waals surface area contributed by atoms with Crippen LogP contribution in [0.4, 0.5) is 5.69 Å². The molecule has 0 aliphatic carbocycles. The second-order valence-electron chi connectivity index (χ2n) is 4.43. The molecule has 0 amide bonds. The monoisotopic (exact) mass is 281 g/mol. The number of hydrogen-bond donors (Lipinski definition) is 0. The first kappa shape index (κ1) is 12.9. The van der Waals surface area contributed by atoms with Crippen LogP contribution >= 0.6 is 0 Å². The first-order chi connectivity index (χ1) is 10.2. The first-order valence-corrected chi connectivity index (χ1v) is 6.29. The molecule has 7 heteroatoms. The third kappa shape index (κ3) is 2.92. The number of nitro groups is 1. The Morgan fingerprint density at radius 2 is 1.76 bits per heavy atom. The summed E-state index contributed by atoms with van der Waals surface area (Å²) in [5.41, 5.74) is 1.81. The maximum Gasteiger partial charge on any atom is 0.269 e. The normalized spacial score (nSPS) is 10.5. The van der Waals surface area contributed by atoms with E-state index in [1.54, 1.807) is 12.1 Å². The molecule has 2 aromatic carbocycles. The van der Waals surface area contributed by atoms with Crippen molar-refractivity contribution in [3.63, 3.8) is 0 Å². The quantitative estimate of drug-likeness (QED) is 0.541. The average Bonchev–Trinajstić information content (AvgIpc) is 2.97. The molecule has 3 aromatic rings. The van der Waals surface area contributed by atoms with Gasteiger partial charge in [0.1, 0.15) is 0 Å². The Bertz CT molecular complexity index is 753. The number of non-ortho nitro benzene ring substituents is 1. The number of nitro benzene ring substituents is 1. The van der Waals surface area contributed by atoms with Crippen molar-refractivity contribution < 1.29 is 4.92 Å². The highest BCUT2D eigenvalue weighted by Gasteiger charge is 2.09. The molecule has 0 unspecified atom stereocenters. The van der Waals surface area contributed by atoms with Crippen molar-refractivity contribution in [2.45, 2.75) is 6.54 Å². The molecule has 3 rings (SSSR count). The smallest absolute Gasteiger partial charge is 0.258 e. The van der Waals surface area contributed by atoms with Crippen LogP contribution in [0, 0.1) is 10.1 Å². The van der Waals surface area contributed by atoms with Gasteiger partial charge in [0.2, 0.25) is 5.82 Å². The zero-order valence-corrected chi connectivity index (χ0v) is 11.0. The van der Waals surface area contributed by atoms with Gasteiger partial charge in [0.25, 0.3) is 5.69 Å². The molecule has 1 heterocycles. The van der Waals surface area contributed by atoms with Gasteiger partial charge >= 0.3 is 0 Å². The van der Waals surface area contributed by atoms with Crippen molar-refractivity contribution in [1.82, 2.24) is 20.2 Å². The molecule has 0 spiro atoms. The van der Waals surface area contributed by atoms with Crippen molar-refractivity contribution in [2.24, 2.45) is 0 Å². The van der Waals surface area contributed by atoms with Gasteiger partial charge in [0, 0.05) is 17.7 Å². The van der Waals surface area contributed by atoms with Gasteiger partial charge < -0.3 is 0 Å². The Kier molecular flexibility index (Phi) is 3.38. The van der Waals surface area contributed by atoms with Crippen LogP contribution in [-0.4, -0.2) is 25.1 Å². The summed E-state index contributed by atoms with van der Waals surface area (Å²) in [6.45, 7) is 0.529. The number of aromatic nitrogens is 4. The summed E-state index contributed by atoms with van der Waals surface area (Å²) in [6, 6.07) is 15.9. The highest BCUT2D eigenvalue weighted by atomic mass is 16.6. The van der Waals surface area contributed by atoms with E-state index < -0.39 is 4.92 Å². The number of nitrogens with zero attached hydrogens (tertiary/aromatic N) is 5. The maximum atomic E-state index is 10.6. The predicted octanol–water partition coefficient (Wildman–Crippen LogP) is 2.30. The van der Waals surface area contributed by atoms with Crippen LogP contribution in [-0.2, 0) is 6.54 Å². The highest BCUT2D eigenvalue weighted by Crippen LogP contribution is 2.18. The summed E-state index contributed by atoms with van der Waals surface area (Å²) >= 11 is 0. The Balaban J connectivity index is 1.80. The molecule has 0 aliphatic rings. The van der Waals surface area contributed by atoms with Crippen LogP contribution in [0.2, 0.25) is 0 Å². The van der Waals surface area contributed by atoms with Gasteiger partial charge in [0.05, 0.1) is 11.5 Å². The van der Waals surface area contributed by atoms with Gasteiger partial charge in [0.15, 0.2) is 0 Å². The van der Waals surface area contributed by atoms with Crippen LogP contribution in [0.3, 0.4) is 0 Å². The minimum absolute atomic E-state index is 0.0374. The van der Waals surface area contributed by atoms with E-state index in [4.69, 9.17) is 0 Å². The minimum Gasteiger partial charge on any atom is -0.258 e. The fraction of sp³-hybridized carbons (Fsp3) is 0.0714. The molecule has 1 aromatic heterocycles. The lowest BCUT2D eigenvalue weighted by molar-refractivity contribution is -0.384. The van der Waals surface area contributed by atoms with E-state index in [0.29, 0.717) is 17.9 Å². The van der Waals surface area contributed by atoms with E-state index in [2.05, 4.69) is 15.4 Å². The molecule has 0 aliphatic heterocycles. The average molecular weight is 281 g/mol. The Labute approximate surface area is 120 Å². The van der Waals surface area contributed by atoms with E-state index >= 15 is 0 Å². The number of hydrogen-bond acceptors (Lipinski definition) is 5. The van der Waals surface area contributed by atoms with Crippen molar-refractivity contribution in [2.75, 3.05) is 0 Å². The predicted molar refractivity (Wildman–Crippen MR) is 75.5 cm³/mol. The summed E-state index contributed by atoms with van der Waals surface area (Å²) in [4.78, 5) is 11.7. The molecule has 104 valence electrons. The van der Waals surface area contributed by atoms with Crippen molar-refractivity contribution in [3.8, 4) is 11.4 Å². The van der Waals surface area contributed by atoms with E-state index in [1.807, 2.05) is 30.3 Å². The fourth-order valence-corrected chi connectivity index (χ4v) is 1.90. The van der Waals surface area contributed by atoms with Gasteiger partial charge in [-0.2, -0.15) is 4.80 Å². The number of benzene rings is 2. The van der Waals surface area contributed by atoms with Gasteiger partial charge in [-0.3, -0.25) is 10.1 Å². The van der Waals surface area contributed by atoms with Crippen molar-refractivity contribution in [1.29, 1.82) is 0 Å². The summed E-state index contributed by atoms with van der Waals surface area (Å²) in [5, 5.41) is 22.8. The largest absolute Gasteiger partial charge is 0.269 e. The Hall–Kier alpha value is -3.09. The highest BCUT2D eigenvalue weighted by molar-refractivity contribution is 5.56. The molecule has 0 atom stereocenters. The Morgan fingerprint density at radius 3 is 2.43 bits per heavy atom. The Morgan fingerprint density at radius 1 is 1.05 bits per heavy atom. The van der Waals surface area contributed by atoms with Crippen LogP contribution in [0.1, 0.15) is 5.56 Å². The molecular formula is C14H11N5O2. The molecule has 0 bridgehead atoms. The van der Waals surface area contributed by atoms with Gasteiger partial charge in [-0.15, -0.1) is 10.2 Å². The van der Waals surface area contributed by atoms with Gasteiger partial charge in [-0.25, -0.2) is 0 Å². The van der Waals surface area contributed by atoms with Crippen LogP contribution in [0.15, 0.2) is 54.6 Å². The fourth-order valence-electron chi connectivity index (χ4n) is 1.90. The molecule has 21 heavy (non-hydrogen) atoms. The zero-order chi connectivity index (χ0) is 14.7. The molecule has 0 saturated carbocycles. The summed E-state index contributed by atoms with van der Waals surface area (Å²) in [6.07, 6.45) is 0. The maximum absolute atomic E-state index is 10.6. The SMILES string of the molecule is O=[N+]([O-])c1ccc(-c2nnn(Cc3ccccc3)n2)cc1. The van der Waals surface area contributed by atoms with Crippen molar-refractivity contribution in [3.05, 3.63) is 70.3 Å². The topological polar surface area (TPSA) is 86.7 Å². The van der Waals surface area contributed by atoms with Gasteiger partial charge in [-0.05, 0) is 22.9 Å². The second kappa shape index (κ2) is 5.49. The molecule has 0 saturated heterocycles. The van der Waals surface area contributed by atoms with E-state index in [9.17, 15) is 10.1 Å². The summed E-state index contributed by atoms with van der Waals surface area (Å²) < 4.78 is 0. The molecule has 0 radical (unpaired) electrons. The molecule has 0 fully saturated rings. The summed E-state index contributed by atoms with van der Waals surface area (Å²) in [7, 11) is 0. The second-order valence-corrected chi connectivity index (χ2v) is 4.43. The summed E-state index contributed by atoms with van der Waals surface area (Å²) in [5.74, 6) is 0.445. The lowest BCUT2D eigenvalue weighted by atomic mass is 10.2. The van der Waals surface area contributed by atoms with Crippen molar-refractivity contribution >= 4 is 5.69 Å². The molecular weight excluding hydrogens is 270 g/mol. The van der Waals surface area contributed by atoms with Crippen LogP contribution in [0.5, 0.6) is 0 Å². The lowest BCUT2D eigenvalue weighted by Crippen LogP contribution is -2.03. The number of tetrazole rings is 1. The van der Waals surface area contributed by atoms with Gasteiger partial charge in [-0.1, -0.05) is 30.3 Å². The van der Waals surface area contributed by atoms with Crippen LogP contribution in [0.25, 0.3) is 11.4 Å². The molecule has 7 nitrogen and oxygen atoms in total. The van der Waals surface area contributed by atoms with Crippen LogP contribution < -0.4 is 0 Å². The minimum atomic E-state index is -0.441. The zero-order valence-electron chi connectivity index (χ0n) is 11.0. The van der Waals surface area contributed by atoms with E-state index in [-0.39, 0.29) is 5.69 Å². The third-order valence-corrected chi connectivity index (χ3v) is 2.96. The standard InChI is InChI=1S/C14H11N5O2/c20-19(21)13-8-6-12(7-9-13)14-15-17-18(16-14)10-11-4-2-1-3-5-11/h1-9H,10H2.